The number of amides is 1. The fraction of sp³-hybridized carbons (Fsp3) is 0.500. The molecule has 4 N–H and O–H groups in total. The van der Waals surface area contributed by atoms with Crippen LogP contribution in [0.2, 0.25) is 0 Å². The Labute approximate surface area is 120 Å². The van der Waals surface area contributed by atoms with Crippen molar-refractivity contribution in [2.75, 3.05) is 6.54 Å². The van der Waals surface area contributed by atoms with Crippen LogP contribution in [0.25, 0.3) is 0 Å². The van der Waals surface area contributed by atoms with Crippen LogP contribution in [0.4, 0.5) is 13.2 Å². The Morgan fingerprint density at radius 1 is 1.33 bits per heavy atom. The molecule has 0 aliphatic carbocycles. The van der Waals surface area contributed by atoms with Gasteiger partial charge < -0.3 is 15.7 Å². The highest BCUT2D eigenvalue weighted by Crippen LogP contribution is 2.39. The van der Waals surface area contributed by atoms with E-state index in [1.165, 1.54) is 26.0 Å². The summed E-state index contributed by atoms with van der Waals surface area (Å²) in [6.45, 7) is 4.81. The number of halogens is 3. The van der Waals surface area contributed by atoms with Crippen molar-refractivity contribution in [1.29, 1.82) is 0 Å². The first kappa shape index (κ1) is 15.6. The van der Waals surface area contributed by atoms with Gasteiger partial charge in [-0.05, 0) is 44.0 Å². The lowest BCUT2D eigenvalue weighted by atomic mass is 9.84. The van der Waals surface area contributed by atoms with Crippen molar-refractivity contribution < 1.29 is 28.4 Å². The number of hydrogen-bond acceptors (Lipinski definition) is 2. The predicted octanol–water partition coefficient (Wildman–Crippen LogP) is 0.848. The van der Waals surface area contributed by atoms with Crippen molar-refractivity contribution in [3.8, 4) is 5.75 Å². The smallest absolute Gasteiger partial charge is 0.458 e. The van der Waals surface area contributed by atoms with Crippen molar-refractivity contribution in [2.24, 2.45) is 0 Å². The number of hydrogen-bond donors (Lipinski definition) is 3. The number of quaternary nitrogens is 1. The number of nitrogens with two attached hydrogens (primary N) is 1. The predicted molar refractivity (Wildman–Crippen MR) is 69.7 cm³/mol. The van der Waals surface area contributed by atoms with Gasteiger partial charge in [0.05, 0.1) is 12.6 Å². The normalized spacial score (nSPS) is 26.6. The summed E-state index contributed by atoms with van der Waals surface area (Å²) < 4.78 is 41.0. The third kappa shape index (κ3) is 2.35. The monoisotopic (exact) mass is 303 g/mol. The van der Waals surface area contributed by atoms with Crippen molar-refractivity contribution in [1.82, 2.24) is 5.32 Å². The zero-order chi connectivity index (χ0) is 16.0. The lowest BCUT2D eigenvalue weighted by molar-refractivity contribution is -0.753. The van der Waals surface area contributed by atoms with E-state index in [2.05, 4.69) is 5.32 Å². The summed E-state index contributed by atoms with van der Waals surface area (Å²) in [6, 6.07) is 2.12. The molecule has 1 aliphatic heterocycles. The highest BCUT2D eigenvalue weighted by atomic mass is 19.4. The fourth-order valence-corrected chi connectivity index (χ4v) is 2.68. The number of rotatable bonds is 1. The second-order valence-corrected chi connectivity index (χ2v) is 5.58. The van der Waals surface area contributed by atoms with E-state index in [0.29, 0.717) is 11.1 Å². The number of phenols is 1. The number of carbonyl (C=O) groups excluding carboxylic acids is 1. The molecule has 2 rings (SSSR count). The van der Waals surface area contributed by atoms with E-state index in [1.54, 1.807) is 6.92 Å². The summed E-state index contributed by atoms with van der Waals surface area (Å²) in [5.41, 5.74) is -2.20. The van der Waals surface area contributed by atoms with E-state index < -0.39 is 17.6 Å². The maximum absolute atomic E-state index is 13.7. The number of aromatic hydroxyl groups is 1. The Kier molecular flexibility index (Phi) is 3.65. The van der Waals surface area contributed by atoms with E-state index in [1.807, 2.05) is 0 Å². The van der Waals surface area contributed by atoms with Crippen LogP contribution in [0.3, 0.4) is 0 Å². The van der Waals surface area contributed by atoms with Gasteiger partial charge in [-0.15, -0.1) is 0 Å². The van der Waals surface area contributed by atoms with Crippen molar-refractivity contribution in [2.45, 2.75) is 38.5 Å². The summed E-state index contributed by atoms with van der Waals surface area (Å²) in [7, 11) is 0. The van der Waals surface area contributed by atoms with E-state index >= 15 is 0 Å². The number of benzene rings is 1. The van der Waals surface area contributed by atoms with E-state index in [9.17, 15) is 23.1 Å². The van der Waals surface area contributed by atoms with E-state index in [0.717, 1.165) is 5.32 Å². The van der Waals surface area contributed by atoms with Gasteiger partial charge in [0.25, 0.3) is 11.4 Å². The molecule has 4 nitrogen and oxygen atoms in total. The molecule has 0 radical (unpaired) electrons. The van der Waals surface area contributed by atoms with Crippen LogP contribution >= 0.6 is 0 Å². The first-order valence-electron chi connectivity index (χ1n) is 6.62. The molecule has 1 aromatic rings. The van der Waals surface area contributed by atoms with Gasteiger partial charge in [-0.2, -0.15) is 13.2 Å². The summed E-state index contributed by atoms with van der Waals surface area (Å²) in [6.07, 6.45) is -4.74. The largest absolute Gasteiger partial charge is 0.507 e. The molecule has 0 unspecified atom stereocenters. The number of carbonyl (C=O) groups is 1. The van der Waals surface area contributed by atoms with Crippen LogP contribution in [0.1, 0.15) is 23.6 Å². The van der Waals surface area contributed by atoms with Gasteiger partial charge in [0.15, 0.2) is 0 Å². The molecular weight excluding hydrogens is 285 g/mol. The van der Waals surface area contributed by atoms with Gasteiger partial charge in [-0.3, -0.25) is 4.79 Å². The van der Waals surface area contributed by atoms with E-state index in [-0.39, 0.29) is 23.9 Å². The second-order valence-electron chi connectivity index (χ2n) is 5.58. The molecule has 0 spiro atoms. The minimum Gasteiger partial charge on any atom is -0.507 e. The summed E-state index contributed by atoms with van der Waals surface area (Å²) in [5, 5.41) is 13.1. The Morgan fingerprint density at radius 3 is 2.29 bits per heavy atom. The van der Waals surface area contributed by atoms with Crippen LogP contribution in [0, 0.1) is 13.8 Å². The number of piperazine rings is 1. The minimum atomic E-state index is -4.74. The molecule has 1 aromatic carbocycles. The third-order valence-electron chi connectivity index (χ3n) is 3.91. The number of nitrogens with one attached hydrogen (secondary N) is 1. The first-order valence-corrected chi connectivity index (χ1v) is 6.62. The molecule has 0 bridgehead atoms. The average molecular weight is 303 g/mol. The molecule has 21 heavy (non-hydrogen) atoms. The van der Waals surface area contributed by atoms with Crippen molar-refractivity contribution in [3.05, 3.63) is 28.8 Å². The SMILES string of the molecule is Cc1cc([C@]2(C(F)(F)F)[NH2+]C[C@H](C)NC2=O)cc(C)c1O. The lowest BCUT2D eigenvalue weighted by Gasteiger charge is -2.37. The van der Waals surface area contributed by atoms with Gasteiger partial charge in [-0.25, -0.2) is 0 Å². The number of phenolic OH excluding ortho intramolecular Hbond substituents is 1. The van der Waals surface area contributed by atoms with E-state index in [4.69, 9.17) is 0 Å². The fourth-order valence-electron chi connectivity index (χ4n) is 2.68. The number of alkyl halides is 3. The van der Waals surface area contributed by atoms with Crippen LogP contribution in [0.15, 0.2) is 12.1 Å². The number of aryl methyl sites for hydroxylation is 2. The standard InChI is InChI=1S/C14H17F3N2O2/c1-7-4-10(5-8(2)11(7)20)13(14(15,16)17)12(21)19-9(3)6-18-13/h4-5,9,18,20H,6H2,1-3H3,(H,19,21)/p+1/t9-,13-/m0/s1. The maximum Gasteiger partial charge on any atom is 0.458 e. The first-order chi connectivity index (χ1) is 9.59. The third-order valence-corrected chi connectivity index (χ3v) is 3.91. The molecule has 1 amide bonds. The van der Waals surface area contributed by atoms with Gasteiger partial charge in [0.2, 0.25) is 0 Å². The zero-order valence-electron chi connectivity index (χ0n) is 12.0. The molecule has 2 atom stereocenters. The maximum atomic E-state index is 13.7. The molecule has 1 fully saturated rings. The van der Waals surface area contributed by atoms with Crippen molar-refractivity contribution in [3.63, 3.8) is 0 Å². The Balaban J connectivity index is 2.65. The Bertz CT molecular complexity index is 563. The minimum absolute atomic E-state index is 0.0549. The van der Waals surface area contributed by atoms with Crippen molar-refractivity contribution >= 4 is 5.91 Å². The highest BCUT2D eigenvalue weighted by Gasteiger charge is 2.67. The van der Waals surface area contributed by atoms with Crippen LogP contribution in [0.5, 0.6) is 5.75 Å². The topological polar surface area (TPSA) is 65.9 Å². The molecule has 0 aromatic heterocycles. The molecule has 1 aliphatic rings. The Hall–Kier alpha value is -1.76. The summed E-state index contributed by atoms with van der Waals surface area (Å²) in [4.78, 5) is 12.2. The molecule has 116 valence electrons. The quantitative estimate of drug-likeness (QED) is 0.720. The molecule has 0 saturated carbocycles. The Morgan fingerprint density at radius 2 is 1.86 bits per heavy atom. The zero-order valence-corrected chi connectivity index (χ0v) is 12.0. The lowest BCUT2D eigenvalue weighted by Crippen LogP contribution is -3.05. The van der Waals surface area contributed by atoms with Crippen LogP contribution in [-0.2, 0) is 10.3 Å². The summed E-state index contributed by atoms with van der Waals surface area (Å²) in [5.74, 6) is -1.13. The van der Waals surface area contributed by atoms with Gasteiger partial charge >= 0.3 is 6.18 Å². The van der Waals surface area contributed by atoms with Gasteiger partial charge in [-0.1, -0.05) is 0 Å². The molecular formula is C14H18F3N2O2+. The molecule has 1 saturated heterocycles. The van der Waals surface area contributed by atoms with Crippen LogP contribution < -0.4 is 10.6 Å². The second kappa shape index (κ2) is 4.91. The molecule has 7 heteroatoms. The molecule has 1 heterocycles. The highest BCUT2D eigenvalue weighted by molar-refractivity contribution is 5.88. The van der Waals surface area contributed by atoms with Gasteiger partial charge in [0, 0.05) is 5.56 Å². The van der Waals surface area contributed by atoms with Gasteiger partial charge in [0.1, 0.15) is 5.75 Å². The summed E-state index contributed by atoms with van der Waals surface area (Å²) >= 11 is 0. The van der Waals surface area contributed by atoms with Crippen LogP contribution in [-0.4, -0.2) is 29.8 Å². The average Bonchev–Trinajstić information content (AvgIpc) is 2.34.